The third-order valence-corrected chi connectivity index (χ3v) is 3.02. The molecule has 0 radical (unpaired) electrons. The molecule has 3 nitrogen and oxygen atoms in total. The summed E-state index contributed by atoms with van der Waals surface area (Å²) in [6.45, 7) is 0.827. The van der Waals surface area contributed by atoms with E-state index in [1.165, 1.54) is 12.8 Å². The van der Waals surface area contributed by atoms with Crippen molar-refractivity contribution in [2.24, 2.45) is 0 Å². The van der Waals surface area contributed by atoms with Gasteiger partial charge in [-0.15, -0.1) is 6.42 Å². The van der Waals surface area contributed by atoms with Gasteiger partial charge >= 0.3 is 0 Å². The van der Waals surface area contributed by atoms with Gasteiger partial charge in [0.25, 0.3) is 0 Å². The third kappa shape index (κ3) is 1.42. The Bertz CT molecular complexity index is 261. The van der Waals surface area contributed by atoms with Crippen molar-refractivity contribution < 1.29 is 4.79 Å². The molecule has 0 aromatic rings. The molecule has 2 fully saturated rings. The van der Waals surface area contributed by atoms with E-state index in [1.54, 1.807) is 0 Å². The molecular formula is C10H14N2O. The molecule has 2 N–H and O–H groups in total. The summed E-state index contributed by atoms with van der Waals surface area (Å²) in [6.07, 6.45) is 9.80. The molecule has 0 aromatic carbocycles. The van der Waals surface area contributed by atoms with E-state index in [-0.39, 0.29) is 11.4 Å². The van der Waals surface area contributed by atoms with E-state index >= 15 is 0 Å². The number of carbonyl (C=O) groups is 1. The van der Waals surface area contributed by atoms with Crippen LogP contribution < -0.4 is 10.6 Å². The molecular weight excluding hydrogens is 164 g/mol. The number of piperazine rings is 1. The molecule has 1 spiro atoms. The molecule has 0 bridgehead atoms. The largest absolute Gasteiger partial charge is 0.347 e. The van der Waals surface area contributed by atoms with Crippen molar-refractivity contribution in [3.8, 4) is 12.3 Å². The highest BCUT2D eigenvalue weighted by Gasteiger charge is 2.40. The SMILES string of the molecule is C#CC1NCC2(CCCC2)NC1=O. The minimum atomic E-state index is -0.425. The number of rotatable bonds is 0. The van der Waals surface area contributed by atoms with Crippen molar-refractivity contribution in [1.82, 2.24) is 10.6 Å². The molecule has 13 heavy (non-hydrogen) atoms. The van der Waals surface area contributed by atoms with Crippen molar-refractivity contribution in [3.05, 3.63) is 0 Å². The Morgan fingerprint density at radius 3 is 2.69 bits per heavy atom. The monoisotopic (exact) mass is 178 g/mol. The second-order valence-electron chi connectivity index (χ2n) is 3.96. The molecule has 1 atom stereocenters. The number of nitrogens with one attached hydrogen (secondary N) is 2. The standard InChI is InChI=1S/C10H14N2O/c1-2-8-9(13)12-10(7-11-8)5-3-4-6-10/h1,8,11H,3-7H2,(H,12,13). The van der Waals surface area contributed by atoms with Gasteiger partial charge in [-0.25, -0.2) is 0 Å². The second-order valence-corrected chi connectivity index (χ2v) is 3.96. The van der Waals surface area contributed by atoms with Crippen LogP contribution in [0.3, 0.4) is 0 Å². The lowest BCUT2D eigenvalue weighted by molar-refractivity contribution is -0.125. The topological polar surface area (TPSA) is 41.1 Å². The van der Waals surface area contributed by atoms with Crippen LogP contribution in [0.25, 0.3) is 0 Å². The molecule has 1 unspecified atom stereocenters. The molecule has 1 aliphatic carbocycles. The summed E-state index contributed by atoms with van der Waals surface area (Å²) in [5, 5.41) is 6.15. The minimum Gasteiger partial charge on any atom is -0.347 e. The van der Waals surface area contributed by atoms with Gasteiger partial charge in [0.2, 0.25) is 5.91 Å². The van der Waals surface area contributed by atoms with E-state index in [2.05, 4.69) is 16.6 Å². The van der Waals surface area contributed by atoms with Crippen molar-refractivity contribution in [2.75, 3.05) is 6.54 Å². The maximum absolute atomic E-state index is 11.5. The summed E-state index contributed by atoms with van der Waals surface area (Å²) < 4.78 is 0. The Morgan fingerprint density at radius 2 is 2.15 bits per heavy atom. The van der Waals surface area contributed by atoms with E-state index < -0.39 is 6.04 Å². The first-order valence-electron chi connectivity index (χ1n) is 4.77. The average Bonchev–Trinajstić information content (AvgIpc) is 2.54. The van der Waals surface area contributed by atoms with Crippen LogP contribution in [0.15, 0.2) is 0 Å². The molecule has 1 saturated carbocycles. The second kappa shape index (κ2) is 3.04. The van der Waals surface area contributed by atoms with Gasteiger partial charge in [0.15, 0.2) is 0 Å². The minimum absolute atomic E-state index is 0.0183. The number of carbonyl (C=O) groups excluding carboxylic acids is 1. The summed E-state index contributed by atoms with van der Waals surface area (Å²) in [6, 6.07) is -0.425. The lowest BCUT2D eigenvalue weighted by Gasteiger charge is -2.37. The maximum atomic E-state index is 11.5. The van der Waals surface area contributed by atoms with Gasteiger partial charge in [-0.05, 0) is 12.8 Å². The van der Waals surface area contributed by atoms with E-state index in [0.29, 0.717) is 0 Å². The highest BCUT2D eigenvalue weighted by molar-refractivity contribution is 5.86. The van der Waals surface area contributed by atoms with Crippen molar-refractivity contribution in [3.63, 3.8) is 0 Å². The third-order valence-electron chi connectivity index (χ3n) is 3.02. The zero-order valence-corrected chi connectivity index (χ0v) is 7.60. The first-order chi connectivity index (χ1) is 6.26. The highest BCUT2D eigenvalue weighted by Crippen LogP contribution is 2.30. The van der Waals surface area contributed by atoms with Gasteiger partial charge in [-0.2, -0.15) is 0 Å². The Balaban J connectivity index is 2.07. The van der Waals surface area contributed by atoms with Crippen molar-refractivity contribution in [1.29, 1.82) is 0 Å². The van der Waals surface area contributed by atoms with Crippen LogP contribution in [-0.4, -0.2) is 24.0 Å². The number of hydrogen-bond donors (Lipinski definition) is 2. The summed E-state index contributed by atoms with van der Waals surface area (Å²) in [5.41, 5.74) is 0.0183. The van der Waals surface area contributed by atoms with E-state index in [9.17, 15) is 4.79 Å². The average molecular weight is 178 g/mol. The highest BCUT2D eigenvalue weighted by atomic mass is 16.2. The van der Waals surface area contributed by atoms with Crippen LogP contribution in [0.2, 0.25) is 0 Å². The van der Waals surface area contributed by atoms with Gasteiger partial charge < -0.3 is 5.32 Å². The summed E-state index contributed by atoms with van der Waals surface area (Å²) >= 11 is 0. The van der Waals surface area contributed by atoms with Gasteiger partial charge in [0.05, 0.1) is 5.54 Å². The lowest BCUT2D eigenvalue weighted by atomic mass is 9.94. The Morgan fingerprint density at radius 1 is 1.46 bits per heavy atom. The fraction of sp³-hybridized carbons (Fsp3) is 0.700. The van der Waals surface area contributed by atoms with E-state index in [0.717, 1.165) is 19.4 Å². The normalized spacial score (nSPS) is 31.3. The van der Waals surface area contributed by atoms with Gasteiger partial charge in [-0.1, -0.05) is 18.8 Å². The zero-order chi connectivity index (χ0) is 9.31. The van der Waals surface area contributed by atoms with Crippen LogP contribution in [0, 0.1) is 12.3 Å². The molecule has 1 amide bonds. The Kier molecular flexibility index (Phi) is 2.01. The van der Waals surface area contributed by atoms with Gasteiger partial charge in [0, 0.05) is 6.54 Å². The molecule has 0 aromatic heterocycles. The maximum Gasteiger partial charge on any atom is 0.250 e. The molecule has 3 heteroatoms. The number of amides is 1. The molecule has 70 valence electrons. The number of hydrogen-bond acceptors (Lipinski definition) is 2. The zero-order valence-electron chi connectivity index (χ0n) is 7.60. The number of terminal acetylenes is 1. The quantitative estimate of drug-likeness (QED) is 0.513. The predicted octanol–water partition coefficient (Wildman–Crippen LogP) is 0.0204. The fourth-order valence-electron chi connectivity index (χ4n) is 2.26. The van der Waals surface area contributed by atoms with Crippen LogP contribution in [0.1, 0.15) is 25.7 Å². The molecule has 1 saturated heterocycles. The lowest BCUT2D eigenvalue weighted by Crippen LogP contribution is -2.64. The molecule has 2 aliphatic rings. The first-order valence-corrected chi connectivity index (χ1v) is 4.77. The van der Waals surface area contributed by atoms with Gasteiger partial charge in [-0.3, -0.25) is 10.1 Å². The molecule has 1 aliphatic heterocycles. The summed E-state index contributed by atoms with van der Waals surface area (Å²) in [7, 11) is 0. The predicted molar refractivity (Wildman–Crippen MR) is 50.0 cm³/mol. The van der Waals surface area contributed by atoms with Crippen LogP contribution in [0.5, 0.6) is 0 Å². The van der Waals surface area contributed by atoms with E-state index in [1.807, 2.05) is 0 Å². The first kappa shape index (κ1) is 8.58. The fourth-order valence-corrected chi connectivity index (χ4v) is 2.26. The van der Waals surface area contributed by atoms with Crippen LogP contribution in [0.4, 0.5) is 0 Å². The van der Waals surface area contributed by atoms with Crippen molar-refractivity contribution in [2.45, 2.75) is 37.3 Å². The summed E-state index contributed by atoms with van der Waals surface area (Å²) in [4.78, 5) is 11.5. The summed E-state index contributed by atoms with van der Waals surface area (Å²) in [5.74, 6) is 2.41. The van der Waals surface area contributed by atoms with Crippen LogP contribution >= 0.6 is 0 Å². The Labute approximate surface area is 78.3 Å². The van der Waals surface area contributed by atoms with Crippen molar-refractivity contribution >= 4 is 5.91 Å². The van der Waals surface area contributed by atoms with Gasteiger partial charge in [0.1, 0.15) is 6.04 Å². The molecule has 2 rings (SSSR count). The van der Waals surface area contributed by atoms with E-state index in [4.69, 9.17) is 6.42 Å². The Hall–Kier alpha value is -1.01. The smallest absolute Gasteiger partial charge is 0.250 e. The van der Waals surface area contributed by atoms with Crippen LogP contribution in [-0.2, 0) is 4.79 Å². The molecule has 1 heterocycles.